The third kappa shape index (κ3) is 3.61. The van der Waals surface area contributed by atoms with Gasteiger partial charge in [0, 0.05) is 41.6 Å². The van der Waals surface area contributed by atoms with Crippen molar-refractivity contribution in [3.8, 4) is 11.3 Å². The summed E-state index contributed by atoms with van der Waals surface area (Å²) in [6.45, 7) is 4.38. The second-order valence-electron chi connectivity index (χ2n) is 4.81. The molecule has 0 N–H and O–H groups in total. The summed E-state index contributed by atoms with van der Waals surface area (Å²) in [5, 5.41) is 3.29. The number of piperazine rings is 1. The van der Waals surface area contributed by atoms with Crippen molar-refractivity contribution in [2.45, 2.75) is 0 Å². The molecule has 0 radical (unpaired) electrons. The summed E-state index contributed by atoms with van der Waals surface area (Å²) in [5.41, 5.74) is 2.26. The van der Waals surface area contributed by atoms with E-state index in [1.54, 1.807) is 11.3 Å². The highest BCUT2D eigenvalue weighted by atomic mass is 79.9. The van der Waals surface area contributed by atoms with E-state index in [0.717, 1.165) is 41.5 Å². The van der Waals surface area contributed by atoms with Gasteiger partial charge in [-0.25, -0.2) is 4.98 Å². The van der Waals surface area contributed by atoms with E-state index >= 15 is 0 Å². The van der Waals surface area contributed by atoms with Crippen LogP contribution in [0.5, 0.6) is 0 Å². The molecule has 6 heteroatoms. The Hall–Kier alpha value is -0.430. The molecule has 0 amide bonds. The molecule has 20 heavy (non-hydrogen) atoms. The molecule has 3 nitrogen and oxygen atoms in total. The second kappa shape index (κ2) is 7.02. The Kier molecular flexibility index (Phi) is 5.60. The SMILES string of the molecule is Br.CN1CCN(c2nc(-c3ccc(Br)cc3)cs2)CC1. The van der Waals surface area contributed by atoms with Crippen LogP contribution in [0.2, 0.25) is 0 Å². The van der Waals surface area contributed by atoms with Crippen molar-refractivity contribution >= 4 is 49.4 Å². The zero-order chi connectivity index (χ0) is 13.2. The lowest BCUT2D eigenvalue weighted by Gasteiger charge is -2.32. The molecule has 2 heterocycles. The lowest BCUT2D eigenvalue weighted by atomic mass is 10.2. The van der Waals surface area contributed by atoms with Gasteiger partial charge in [0.15, 0.2) is 5.13 Å². The van der Waals surface area contributed by atoms with Crippen molar-refractivity contribution in [2.24, 2.45) is 0 Å². The summed E-state index contributed by atoms with van der Waals surface area (Å²) in [4.78, 5) is 9.51. The first-order chi connectivity index (χ1) is 9.22. The second-order valence-corrected chi connectivity index (χ2v) is 6.56. The van der Waals surface area contributed by atoms with Crippen molar-refractivity contribution < 1.29 is 0 Å². The van der Waals surface area contributed by atoms with Gasteiger partial charge in [0.05, 0.1) is 5.69 Å². The normalized spacial score (nSPS) is 16.0. The van der Waals surface area contributed by atoms with Gasteiger partial charge in [-0.15, -0.1) is 28.3 Å². The van der Waals surface area contributed by atoms with E-state index in [0.29, 0.717) is 0 Å². The fourth-order valence-corrected chi connectivity index (χ4v) is 3.31. The summed E-state index contributed by atoms with van der Waals surface area (Å²) >= 11 is 5.20. The summed E-state index contributed by atoms with van der Waals surface area (Å²) in [6.07, 6.45) is 0. The summed E-state index contributed by atoms with van der Waals surface area (Å²) in [5.74, 6) is 0. The van der Waals surface area contributed by atoms with Gasteiger partial charge < -0.3 is 9.80 Å². The summed E-state index contributed by atoms with van der Waals surface area (Å²) in [7, 11) is 2.17. The number of nitrogens with zero attached hydrogens (tertiary/aromatic N) is 3. The predicted octanol–water partition coefficient (Wildman–Crippen LogP) is 3.90. The van der Waals surface area contributed by atoms with Crippen LogP contribution >= 0.6 is 44.2 Å². The molecule has 0 bridgehead atoms. The highest BCUT2D eigenvalue weighted by Crippen LogP contribution is 2.28. The quantitative estimate of drug-likeness (QED) is 0.737. The van der Waals surface area contributed by atoms with Gasteiger partial charge in [0.2, 0.25) is 0 Å². The molecule has 2 aromatic rings. The number of halogens is 2. The molecule has 3 rings (SSSR count). The smallest absolute Gasteiger partial charge is 0.185 e. The Labute approximate surface area is 142 Å². The van der Waals surface area contributed by atoms with E-state index < -0.39 is 0 Å². The molecule has 0 aliphatic carbocycles. The molecular weight excluding hydrogens is 402 g/mol. The highest BCUT2D eigenvalue weighted by Gasteiger charge is 2.17. The van der Waals surface area contributed by atoms with Crippen molar-refractivity contribution in [1.29, 1.82) is 0 Å². The summed E-state index contributed by atoms with van der Waals surface area (Å²) < 4.78 is 1.10. The molecule has 1 fully saturated rings. The highest BCUT2D eigenvalue weighted by molar-refractivity contribution is 9.10. The van der Waals surface area contributed by atoms with Crippen LogP contribution in [0.3, 0.4) is 0 Å². The number of hydrogen-bond donors (Lipinski definition) is 0. The van der Waals surface area contributed by atoms with Gasteiger partial charge in [0.25, 0.3) is 0 Å². The Morgan fingerprint density at radius 2 is 1.75 bits per heavy atom. The Bertz CT molecular complexity index is 548. The predicted molar refractivity (Wildman–Crippen MR) is 95.3 cm³/mol. The monoisotopic (exact) mass is 417 g/mol. The van der Waals surface area contributed by atoms with Crippen LogP contribution in [-0.2, 0) is 0 Å². The van der Waals surface area contributed by atoms with Gasteiger partial charge in [0.1, 0.15) is 0 Å². The number of likely N-dealkylation sites (N-methyl/N-ethyl adjacent to an activating group) is 1. The van der Waals surface area contributed by atoms with E-state index in [-0.39, 0.29) is 17.0 Å². The lowest BCUT2D eigenvalue weighted by molar-refractivity contribution is 0.313. The molecule has 1 aliphatic heterocycles. The van der Waals surface area contributed by atoms with Gasteiger partial charge in [-0.3, -0.25) is 0 Å². The fraction of sp³-hybridized carbons (Fsp3) is 0.357. The molecule has 1 aliphatic rings. The van der Waals surface area contributed by atoms with Crippen LogP contribution in [0.25, 0.3) is 11.3 Å². The van der Waals surface area contributed by atoms with E-state index in [2.05, 4.69) is 62.4 Å². The van der Waals surface area contributed by atoms with E-state index in [1.807, 2.05) is 0 Å². The number of anilines is 1. The molecule has 0 spiro atoms. The number of aromatic nitrogens is 1. The Morgan fingerprint density at radius 3 is 2.40 bits per heavy atom. The number of hydrogen-bond acceptors (Lipinski definition) is 4. The molecular formula is C14H17Br2N3S. The van der Waals surface area contributed by atoms with E-state index in [4.69, 9.17) is 4.98 Å². The molecule has 1 saturated heterocycles. The maximum atomic E-state index is 4.77. The average molecular weight is 419 g/mol. The minimum absolute atomic E-state index is 0. The van der Waals surface area contributed by atoms with Crippen molar-refractivity contribution in [3.05, 3.63) is 34.1 Å². The largest absolute Gasteiger partial charge is 0.346 e. The first-order valence-corrected chi connectivity index (χ1v) is 8.04. The molecule has 1 aromatic heterocycles. The van der Waals surface area contributed by atoms with Gasteiger partial charge in [-0.1, -0.05) is 28.1 Å². The van der Waals surface area contributed by atoms with Gasteiger partial charge in [-0.05, 0) is 19.2 Å². The Balaban J connectivity index is 0.00000147. The average Bonchev–Trinajstić information content (AvgIpc) is 2.90. The minimum Gasteiger partial charge on any atom is -0.346 e. The fourth-order valence-electron chi connectivity index (χ4n) is 2.16. The number of rotatable bonds is 2. The van der Waals surface area contributed by atoms with Crippen LogP contribution in [-0.4, -0.2) is 43.1 Å². The van der Waals surface area contributed by atoms with Crippen molar-refractivity contribution in [1.82, 2.24) is 9.88 Å². The Morgan fingerprint density at radius 1 is 1.10 bits per heavy atom. The third-order valence-corrected chi connectivity index (χ3v) is 4.84. The standard InChI is InChI=1S/C14H16BrN3S.BrH/c1-17-6-8-18(9-7-17)14-16-13(10-19-14)11-2-4-12(15)5-3-11;/h2-5,10H,6-9H2,1H3;1H. The van der Waals surface area contributed by atoms with E-state index in [1.165, 1.54) is 5.56 Å². The first-order valence-electron chi connectivity index (χ1n) is 6.37. The maximum absolute atomic E-state index is 4.77. The lowest BCUT2D eigenvalue weighted by Crippen LogP contribution is -2.44. The molecule has 0 saturated carbocycles. The molecule has 0 unspecified atom stereocenters. The topological polar surface area (TPSA) is 19.4 Å². The zero-order valence-electron chi connectivity index (χ0n) is 11.3. The first kappa shape index (κ1) is 15.9. The van der Waals surface area contributed by atoms with Crippen molar-refractivity contribution in [3.63, 3.8) is 0 Å². The third-order valence-electron chi connectivity index (χ3n) is 3.41. The molecule has 1 aromatic carbocycles. The van der Waals surface area contributed by atoms with Crippen molar-refractivity contribution in [2.75, 3.05) is 38.1 Å². The van der Waals surface area contributed by atoms with Gasteiger partial charge in [-0.2, -0.15) is 0 Å². The van der Waals surface area contributed by atoms with E-state index in [9.17, 15) is 0 Å². The van der Waals surface area contributed by atoms with Crippen LogP contribution < -0.4 is 4.90 Å². The van der Waals surface area contributed by atoms with Crippen LogP contribution in [0, 0.1) is 0 Å². The van der Waals surface area contributed by atoms with Crippen LogP contribution in [0.15, 0.2) is 34.1 Å². The molecule has 108 valence electrons. The maximum Gasteiger partial charge on any atom is 0.185 e. The number of benzene rings is 1. The number of thiazole rings is 1. The minimum atomic E-state index is 0. The molecule has 0 atom stereocenters. The van der Waals surface area contributed by atoms with Crippen LogP contribution in [0.1, 0.15) is 0 Å². The van der Waals surface area contributed by atoms with Crippen LogP contribution in [0.4, 0.5) is 5.13 Å². The zero-order valence-corrected chi connectivity index (χ0v) is 15.4. The van der Waals surface area contributed by atoms with Gasteiger partial charge >= 0.3 is 0 Å². The summed E-state index contributed by atoms with van der Waals surface area (Å²) in [6, 6.07) is 8.33.